The molecule has 0 saturated heterocycles. The topological polar surface area (TPSA) is 94.1 Å². The summed E-state index contributed by atoms with van der Waals surface area (Å²) in [4.78, 5) is 11.2. The molecule has 0 heterocycles. The first-order valence-electron chi connectivity index (χ1n) is 6.48. The van der Waals surface area contributed by atoms with Crippen molar-refractivity contribution in [3.05, 3.63) is 35.4 Å². The molecule has 2 rings (SSSR count). The molecule has 1 N–H and O–H groups in total. The number of carboxylic acid groups (broad SMARTS) is 1. The van der Waals surface area contributed by atoms with Gasteiger partial charge in [-0.1, -0.05) is 12.1 Å². The normalized spacial score (nSPS) is 23.4. The number of nitriles is 2. The van der Waals surface area contributed by atoms with Crippen LogP contribution in [0.25, 0.3) is 0 Å². The minimum Gasteiger partial charge on any atom is -0.479 e. The molecule has 1 aromatic rings. The first-order chi connectivity index (χ1) is 10.7. The van der Waals surface area contributed by atoms with Crippen LogP contribution in [0.15, 0.2) is 24.3 Å². The van der Waals surface area contributed by atoms with Crippen molar-refractivity contribution < 1.29 is 27.8 Å². The van der Waals surface area contributed by atoms with Gasteiger partial charge >= 0.3 is 12.1 Å². The van der Waals surface area contributed by atoms with Gasteiger partial charge in [-0.3, -0.25) is 0 Å². The van der Waals surface area contributed by atoms with Gasteiger partial charge in [0, 0.05) is 18.9 Å². The highest BCUT2D eigenvalue weighted by Crippen LogP contribution is 2.66. The third-order valence-electron chi connectivity index (χ3n) is 4.06. The SMILES string of the molecule is COC(C(=O)O)C1C(c2ccc(C(F)(F)F)cc2)C1(C#N)C#N. The standard InChI is InChI=1S/C15H11F3N2O3/c1-23-12(13(21)22)11-10(14(11,6-19)7-20)8-2-4-9(5-3-8)15(16,17)18/h2-5,10-12H,1H3,(H,21,22). The van der Waals surface area contributed by atoms with E-state index in [4.69, 9.17) is 9.84 Å². The van der Waals surface area contributed by atoms with E-state index in [1.807, 2.05) is 0 Å². The van der Waals surface area contributed by atoms with E-state index >= 15 is 0 Å². The molecule has 1 aliphatic carbocycles. The molecule has 8 heteroatoms. The number of aliphatic carboxylic acids is 1. The number of hydrogen-bond donors (Lipinski definition) is 1. The fourth-order valence-corrected chi connectivity index (χ4v) is 2.89. The summed E-state index contributed by atoms with van der Waals surface area (Å²) < 4.78 is 42.6. The summed E-state index contributed by atoms with van der Waals surface area (Å²) in [6.45, 7) is 0. The molecule has 0 radical (unpaired) electrons. The lowest BCUT2D eigenvalue weighted by Gasteiger charge is -2.10. The molecular formula is C15H11F3N2O3. The number of hydrogen-bond acceptors (Lipinski definition) is 4. The second-order valence-electron chi connectivity index (χ2n) is 5.21. The van der Waals surface area contributed by atoms with Crippen LogP contribution in [-0.2, 0) is 15.7 Å². The molecule has 0 spiro atoms. The fraction of sp³-hybridized carbons (Fsp3) is 0.400. The Hall–Kier alpha value is -2.58. The predicted octanol–water partition coefficient (Wildman–Crippen LogP) is 2.55. The van der Waals surface area contributed by atoms with E-state index in [9.17, 15) is 28.5 Å². The van der Waals surface area contributed by atoms with Crippen molar-refractivity contribution in [2.24, 2.45) is 11.3 Å². The van der Waals surface area contributed by atoms with E-state index in [0.29, 0.717) is 5.56 Å². The molecule has 0 aliphatic heterocycles. The predicted molar refractivity (Wildman–Crippen MR) is 69.8 cm³/mol. The van der Waals surface area contributed by atoms with Crippen LogP contribution in [0, 0.1) is 34.0 Å². The number of alkyl halides is 3. The highest BCUT2D eigenvalue weighted by Gasteiger charge is 2.71. The average Bonchev–Trinajstić information content (AvgIpc) is 3.16. The summed E-state index contributed by atoms with van der Waals surface area (Å²) in [6, 6.07) is 7.57. The van der Waals surface area contributed by atoms with E-state index in [1.165, 1.54) is 0 Å². The summed E-state index contributed by atoms with van der Waals surface area (Å²) in [5.41, 5.74) is -2.19. The third kappa shape index (κ3) is 2.62. The smallest absolute Gasteiger partial charge is 0.416 e. The maximum Gasteiger partial charge on any atom is 0.416 e. The zero-order valence-electron chi connectivity index (χ0n) is 11.8. The lowest BCUT2D eigenvalue weighted by molar-refractivity contribution is -0.150. The Kier molecular flexibility index (Phi) is 4.06. The number of rotatable bonds is 4. The Morgan fingerprint density at radius 3 is 2.17 bits per heavy atom. The molecule has 1 aliphatic rings. The monoisotopic (exact) mass is 324 g/mol. The summed E-state index contributed by atoms with van der Waals surface area (Å²) in [5, 5.41) is 27.7. The molecule has 0 amide bonds. The van der Waals surface area contributed by atoms with Gasteiger partial charge in [0.2, 0.25) is 0 Å². The van der Waals surface area contributed by atoms with Gasteiger partial charge in [0.1, 0.15) is 0 Å². The van der Waals surface area contributed by atoms with Crippen LogP contribution in [0.5, 0.6) is 0 Å². The molecule has 23 heavy (non-hydrogen) atoms. The van der Waals surface area contributed by atoms with Gasteiger partial charge in [-0.2, -0.15) is 23.7 Å². The number of ether oxygens (including phenoxy) is 1. The second kappa shape index (κ2) is 5.56. The minimum absolute atomic E-state index is 0.300. The van der Waals surface area contributed by atoms with Crippen molar-refractivity contribution in [2.75, 3.05) is 7.11 Å². The summed E-state index contributed by atoms with van der Waals surface area (Å²) in [5.74, 6) is -3.10. The molecule has 3 atom stereocenters. The number of nitrogens with zero attached hydrogens (tertiary/aromatic N) is 2. The fourth-order valence-electron chi connectivity index (χ4n) is 2.89. The van der Waals surface area contributed by atoms with Gasteiger partial charge in [0.25, 0.3) is 0 Å². The van der Waals surface area contributed by atoms with Crippen molar-refractivity contribution in [1.29, 1.82) is 10.5 Å². The lowest BCUT2D eigenvalue weighted by atomic mass is 10.0. The van der Waals surface area contributed by atoms with Gasteiger partial charge in [-0.05, 0) is 17.7 Å². The van der Waals surface area contributed by atoms with Crippen molar-refractivity contribution in [3.63, 3.8) is 0 Å². The van der Waals surface area contributed by atoms with E-state index < -0.39 is 41.1 Å². The van der Waals surface area contributed by atoms with E-state index in [0.717, 1.165) is 31.4 Å². The minimum atomic E-state index is -4.50. The zero-order valence-corrected chi connectivity index (χ0v) is 11.8. The van der Waals surface area contributed by atoms with Crippen molar-refractivity contribution in [1.82, 2.24) is 0 Å². The van der Waals surface area contributed by atoms with Crippen LogP contribution in [-0.4, -0.2) is 24.3 Å². The van der Waals surface area contributed by atoms with Gasteiger partial charge in [0.05, 0.1) is 17.7 Å². The Morgan fingerprint density at radius 1 is 1.30 bits per heavy atom. The van der Waals surface area contributed by atoms with Crippen LogP contribution in [0.2, 0.25) is 0 Å². The second-order valence-corrected chi connectivity index (χ2v) is 5.21. The molecule has 5 nitrogen and oxygen atoms in total. The Bertz CT molecular complexity index is 687. The van der Waals surface area contributed by atoms with E-state index in [1.54, 1.807) is 12.1 Å². The van der Waals surface area contributed by atoms with Crippen molar-refractivity contribution >= 4 is 5.97 Å². The summed E-state index contributed by atoms with van der Waals surface area (Å²) >= 11 is 0. The third-order valence-corrected chi connectivity index (χ3v) is 4.06. The molecule has 3 unspecified atom stereocenters. The maximum absolute atomic E-state index is 12.6. The quantitative estimate of drug-likeness (QED) is 0.918. The molecule has 1 fully saturated rings. The Balaban J connectivity index is 2.40. The number of benzene rings is 1. The Labute approximate surface area is 129 Å². The van der Waals surface area contributed by atoms with E-state index in [-0.39, 0.29) is 0 Å². The first kappa shape index (κ1) is 16.8. The van der Waals surface area contributed by atoms with E-state index in [2.05, 4.69) is 0 Å². The number of carboxylic acids is 1. The van der Waals surface area contributed by atoms with Crippen molar-refractivity contribution in [3.8, 4) is 12.1 Å². The molecule has 0 bridgehead atoms. The molecule has 0 aromatic heterocycles. The average molecular weight is 324 g/mol. The first-order valence-corrected chi connectivity index (χ1v) is 6.48. The largest absolute Gasteiger partial charge is 0.479 e. The Morgan fingerprint density at radius 2 is 1.83 bits per heavy atom. The highest BCUT2D eigenvalue weighted by atomic mass is 19.4. The molecule has 120 valence electrons. The van der Waals surface area contributed by atoms with Crippen molar-refractivity contribution in [2.45, 2.75) is 18.2 Å². The summed E-state index contributed by atoms with van der Waals surface area (Å²) in [6.07, 6.45) is -5.89. The van der Waals surface area contributed by atoms with Gasteiger partial charge < -0.3 is 9.84 Å². The van der Waals surface area contributed by atoms with Crippen LogP contribution < -0.4 is 0 Å². The molecular weight excluding hydrogens is 313 g/mol. The van der Waals surface area contributed by atoms with Gasteiger partial charge in [-0.25, -0.2) is 4.79 Å². The number of halogens is 3. The highest BCUT2D eigenvalue weighted by molar-refractivity contribution is 5.75. The van der Waals surface area contributed by atoms with Crippen LogP contribution in [0.4, 0.5) is 13.2 Å². The molecule has 1 aromatic carbocycles. The zero-order chi connectivity index (χ0) is 17.4. The maximum atomic E-state index is 12.6. The lowest BCUT2D eigenvalue weighted by Crippen LogP contribution is -2.27. The summed E-state index contributed by atoms with van der Waals surface area (Å²) in [7, 11) is 1.14. The number of carbonyl (C=O) groups is 1. The van der Waals surface area contributed by atoms with Gasteiger partial charge in [0.15, 0.2) is 11.5 Å². The van der Waals surface area contributed by atoms with Gasteiger partial charge in [-0.15, -0.1) is 0 Å². The van der Waals surface area contributed by atoms with Crippen LogP contribution in [0.3, 0.4) is 0 Å². The molecule has 1 saturated carbocycles. The van der Waals surface area contributed by atoms with Crippen LogP contribution in [0.1, 0.15) is 17.0 Å². The number of methoxy groups -OCH3 is 1. The van der Waals surface area contributed by atoms with Crippen LogP contribution >= 0.6 is 0 Å².